The molecule has 0 unspecified atom stereocenters. The van der Waals surface area contributed by atoms with Gasteiger partial charge in [-0.05, 0) is 47.9 Å². The van der Waals surface area contributed by atoms with Gasteiger partial charge < -0.3 is 15.4 Å². The molecule has 6 nitrogen and oxygen atoms in total. The molecule has 0 heterocycles. The molecule has 0 saturated heterocycles. The predicted octanol–water partition coefficient (Wildman–Crippen LogP) is 4.88. The zero-order chi connectivity index (χ0) is 22.9. The first-order valence-corrected chi connectivity index (χ1v) is 10.9. The van der Waals surface area contributed by atoms with Gasteiger partial charge in [0, 0.05) is 35.6 Å². The van der Waals surface area contributed by atoms with Crippen molar-refractivity contribution in [1.29, 1.82) is 0 Å². The van der Waals surface area contributed by atoms with E-state index >= 15 is 0 Å². The molecule has 3 aromatic carbocycles. The van der Waals surface area contributed by atoms with Crippen LogP contribution in [0.3, 0.4) is 0 Å². The van der Waals surface area contributed by atoms with Crippen LogP contribution < -0.4 is 15.4 Å². The van der Waals surface area contributed by atoms with Crippen molar-refractivity contribution >= 4 is 39.4 Å². The fourth-order valence-electron chi connectivity index (χ4n) is 3.10. The predicted molar refractivity (Wildman–Crippen MR) is 126 cm³/mol. The number of hydrogen-bond donors (Lipinski definition) is 2. The second-order valence-electron chi connectivity index (χ2n) is 7.10. The molecule has 7 heteroatoms. The van der Waals surface area contributed by atoms with E-state index in [9.17, 15) is 14.4 Å². The minimum atomic E-state index is -0.452. The van der Waals surface area contributed by atoms with E-state index in [-0.39, 0.29) is 18.4 Å². The number of anilines is 1. The fourth-order valence-corrected chi connectivity index (χ4v) is 3.59. The molecule has 0 bridgehead atoms. The van der Waals surface area contributed by atoms with Crippen molar-refractivity contribution in [2.45, 2.75) is 26.3 Å². The second kappa shape index (κ2) is 11.2. The quantitative estimate of drug-likeness (QED) is 0.345. The maximum atomic E-state index is 12.5. The van der Waals surface area contributed by atoms with Crippen LogP contribution in [0, 0.1) is 0 Å². The number of halogens is 1. The third-order valence-corrected chi connectivity index (χ3v) is 5.44. The van der Waals surface area contributed by atoms with Crippen LogP contribution in [0.1, 0.15) is 34.8 Å². The highest BCUT2D eigenvalue weighted by Crippen LogP contribution is 2.19. The molecule has 0 radical (unpaired) electrons. The number of esters is 1. The van der Waals surface area contributed by atoms with Gasteiger partial charge in [0.2, 0.25) is 5.91 Å². The number of carbonyl (C=O) groups excluding carboxylic acids is 3. The molecule has 0 aliphatic carbocycles. The normalized spacial score (nSPS) is 10.3. The monoisotopic (exact) mass is 494 g/mol. The summed E-state index contributed by atoms with van der Waals surface area (Å²) in [5, 5.41) is 5.77. The van der Waals surface area contributed by atoms with E-state index in [2.05, 4.69) is 26.6 Å². The fraction of sp³-hybridized carbons (Fsp3) is 0.160. The summed E-state index contributed by atoms with van der Waals surface area (Å²) in [6, 6.07) is 21.5. The molecular weight excluding hydrogens is 472 g/mol. The van der Waals surface area contributed by atoms with Gasteiger partial charge in [0.25, 0.3) is 5.91 Å². The average Bonchev–Trinajstić information content (AvgIpc) is 2.77. The SMILES string of the molecule is CC(=O)Oc1cccc(C(=O)NCc2ccccc2NC(=O)CCc2ccccc2Br)c1. The first-order chi connectivity index (χ1) is 15.4. The average molecular weight is 495 g/mol. The van der Waals surface area contributed by atoms with Crippen LogP contribution in [-0.2, 0) is 22.6 Å². The maximum Gasteiger partial charge on any atom is 0.308 e. The van der Waals surface area contributed by atoms with Crippen molar-refractivity contribution in [1.82, 2.24) is 5.32 Å². The van der Waals surface area contributed by atoms with Gasteiger partial charge in [0.15, 0.2) is 0 Å². The Morgan fingerprint density at radius 2 is 1.62 bits per heavy atom. The minimum Gasteiger partial charge on any atom is -0.427 e. The molecule has 0 fully saturated rings. The van der Waals surface area contributed by atoms with Gasteiger partial charge in [-0.15, -0.1) is 0 Å². The smallest absolute Gasteiger partial charge is 0.308 e. The number of para-hydroxylation sites is 1. The lowest BCUT2D eigenvalue weighted by molar-refractivity contribution is -0.131. The Balaban J connectivity index is 1.59. The molecule has 2 N–H and O–H groups in total. The number of nitrogens with one attached hydrogen (secondary N) is 2. The Labute approximate surface area is 195 Å². The van der Waals surface area contributed by atoms with Gasteiger partial charge in [-0.2, -0.15) is 0 Å². The number of hydrogen-bond acceptors (Lipinski definition) is 4. The molecule has 0 aliphatic rings. The number of carbonyl (C=O) groups is 3. The van der Waals surface area contributed by atoms with Crippen LogP contribution in [0.2, 0.25) is 0 Å². The molecule has 3 aromatic rings. The number of amides is 2. The lowest BCUT2D eigenvalue weighted by atomic mass is 10.1. The van der Waals surface area contributed by atoms with Crippen molar-refractivity contribution in [3.63, 3.8) is 0 Å². The van der Waals surface area contributed by atoms with Crippen molar-refractivity contribution in [3.05, 3.63) is 94.0 Å². The molecule has 164 valence electrons. The van der Waals surface area contributed by atoms with Crippen LogP contribution in [0.15, 0.2) is 77.3 Å². The third-order valence-electron chi connectivity index (χ3n) is 4.67. The Bertz CT molecular complexity index is 1130. The van der Waals surface area contributed by atoms with Crippen molar-refractivity contribution in [3.8, 4) is 5.75 Å². The highest BCUT2D eigenvalue weighted by Gasteiger charge is 2.11. The number of rotatable bonds is 8. The second-order valence-corrected chi connectivity index (χ2v) is 7.96. The van der Waals surface area contributed by atoms with Crippen LogP contribution in [0.25, 0.3) is 0 Å². The maximum absolute atomic E-state index is 12.5. The van der Waals surface area contributed by atoms with E-state index in [0.717, 1.165) is 15.6 Å². The Kier molecular flexibility index (Phi) is 8.16. The number of ether oxygens (including phenoxy) is 1. The molecular formula is C25H23BrN2O4. The van der Waals surface area contributed by atoms with Crippen molar-refractivity contribution < 1.29 is 19.1 Å². The van der Waals surface area contributed by atoms with E-state index in [0.29, 0.717) is 29.8 Å². The largest absolute Gasteiger partial charge is 0.427 e. The van der Waals surface area contributed by atoms with Gasteiger partial charge in [0.05, 0.1) is 0 Å². The Hall–Kier alpha value is -3.45. The van der Waals surface area contributed by atoms with E-state index in [4.69, 9.17) is 4.74 Å². The molecule has 0 atom stereocenters. The first kappa shape index (κ1) is 23.2. The number of aryl methyl sites for hydroxylation is 1. The van der Waals surface area contributed by atoms with E-state index < -0.39 is 5.97 Å². The molecule has 0 spiro atoms. The van der Waals surface area contributed by atoms with Crippen LogP contribution in [0.5, 0.6) is 5.75 Å². The van der Waals surface area contributed by atoms with Gasteiger partial charge in [0.1, 0.15) is 5.75 Å². The molecule has 32 heavy (non-hydrogen) atoms. The van der Waals surface area contributed by atoms with Crippen LogP contribution in [0.4, 0.5) is 5.69 Å². The van der Waals surface area contributed by atoms with E-state index in [1.165, 1.54) is 13.0 Å². The summed E-state index contributed by atoms with van der Waals surface area (Å²) in [5.74, 6) is -0.558. The number of benzene rings is 3. The van der Waals surface area contributed by atoms with Crippen LogP contribution >= 0.6 is 15.9 Å². The molecule has 0 aromatic heterocycles. The van der Waals surface area contributed by atoms with Gasteiger partial charge in [-0.1, -0.05) is 58.4 Å². The topological polar surface area (TPSA) is 84.5 Å². The highest BCUT2D eigenvalue weighted by atomic mass is 79.9. The van der Waals surface area contributed by atoms with Gasteiger partial charge >= 0.3 is 5.97 Å². The zero-order valence-electron chi connectivity index (χ0n) is 17.6. The summed E-state index contributed by atoms with van der Waals surface area (Å²) in [7, 11) is 0. The van der Waals surface area contributed by atoms with Crippen molar-refractivity contribution in [2.75, 3.05) is 5.32 Å². The summed E-state index contributed by atoms with van der Waals surface area (Å²) in [4.78, 5) is 36.1. The highest BCUT2D eigenvalue weighted by molar-refractivity contribution is 9.10. The summed E-state index contributed by atoms with van der Waals surface area (Å²) in [6.07, 6.45) is 0.955. The Morgan fingerprint density at radius 3 is 2.38 bits per heavy atom. The summed E-state index contributed by atoms with van der Waals surface area (Å²) < 4.78 is 6.00. The summed E-state index contributed by atoms with van der Waals surface area (Å²) >= 11 is 3.50. The lowest BCUT2D eigenvalue weighted by Gasteiger charge is -2.13. The van der Waals surface area contributed by atoms with Gasteiger partial charge in [-0.25, -0.2) is 0 Å². The standard InChI is InChI=1S/C25H23BrN2O4/c1-17(29)32-21-10-6-9-19(15-21)25(31)27-16-20-8-3-5-12-23(20)28-24(30)14-13-18-7-2-4-11-22(18)26/h2-12,15H,13-14,16H2,1H3,(H,27,31)(H,28,30). The molecule has 3 rings (SSSR count). The summed E-state index contributed by atoms with van der Waals surface area (Å²) in [6.45, 7) is 1.54. The van der Waals surface area contributed by atoms with Crippen molar-refractivity contribution in [2.24, 2.45) is 0 Å². The lowest BCUT2D eigenvalue weighted by Crippen LogP contribution is -2.24. The first-order valence-electron chi connectivity index (χ1n) is 10.1. The third kappa shape index (κ3) is 6.78. The Morgan fingerprint density at radius 1 is 0.906 bits per heavy atom. The van der Waals surface area contributed by atoms with Gasteiger partial charge in [-0.3, -0.25) is 14.4 Å². The van der Waals surface area contributed by atoms with Crippen LogP contribution in [-0.4, -0.2) is 17.8 Å². The molecule has 0 saturated carbocycles. The molecule has 2 amide bonds. The molecule has 0 aliphatic heterocycles. The summed E-state index contributed by atoms with van der Waals surface area (Å²) in [5.41, 5.74) is 2.88. The van der Waals surface area contributed by atoms with E-state index in [1.807, 2.05) is 42.5 Å². The zero-order valence-corrected chi connectivity index (χ0v) is 19.1. The minimum absolute atomic E-state index is 0.103. The van der Waals surface area contributed by atoms with E-state index in [1.54, 1.807) is 24.3 Å².